The number of aliphatic carboxylic acids is 1. The Morgan fingerprint density at radius 3 is 2.59 bits per heavy atom. The topological polar surface area (TPSA) is 132 Å². The zero-order valence-corrected chi connectivity index (χ0v) is 17.2. The highest BCUT2D eigenvalue weighted by Crippen LogP contribution is 2.27. The largest absolute Gasteiger partial charge is 0.490 e. The predicted octanol–water partition coefficient (Wildman–Crippen LogP) is 3.56. The third-order valence-electron chi connectivity index (χ3n) is 4.43. The summed E-state index contributed by atoms with van der Waals surface area (Å²) in [7, 11) is 1.96. The van der Waals surface area contributed by atoms with Gasteiger partial charge in [0.05, 0.1) is 11.2 Å². The zero-order valence-electron chi connectivity index (χ0n) is 17.2. The number of aromatic amines is 1. The number of aryl methyl sites for hydroxylation is 2. The number of rotatable bonds is 5. The number of nitriles is 1. The second-order valence-corrected chi connectivity index (χ2v) is 6.85. The molecule has 0 amide bonds. The molecule has 0 radical (unpaired) electrons. The van der Waals surface area contributed by atoms with Crippen molar-refractivity contribution in [1.82, 2.24) is 15.2 Å². The lowest BCUT2D eigenvalue weighted by Crippen LogP contribution is -2.21. The SMILES string of the molecule is Cc1cc(N(C)CCCc2[nH]nc(N)c2C#N)c2cc(F)ccc2n1.O=C(O)C(F)(F)F. The number of carbonyl (C=O) groups is 1. The summed E-state index contributed by atoms with van der Waals surface area (Å²) in [6.45, 7) is 2.66. The van der Waals surface area contributed by atoms with Crippen LogP contribution >= 0.6 is 0 Å². The quantitative estimate of drug-likeness (QED) is 0.504. The third kappa shape index (κ3) is 6.07. The van der Waals surface area contributed by atoms with Crippen molar-refractivity contribution in [2.45, 2.75) is 25.9 Å². The van der Waals surface area contributed by atoms with Crippen LogP contribution in [-0.2, 0) is 11.2 Å². The first kappa shape index (κ1) is 24.4. The monoisotopic (exact) mass is 452 g/mol. The number of nitrogens with two attached hydrogens (primary N) is 1. The molecule has 12 heteroatoms. The molecule has 8 nitrogen and oxygen atoms in total. The number of anilines is 2. The van der Waals surface area contributed by atoms with Gasteiger partial charge in [-0.15, -0.1) is 0 Å². The van der Waals surface area contributed by atoms with E-state index in [2.05, 4.69) is 26.2 Å². The Labute approximate surface area is 180 Å². The Kier molecular flexibility index (Phi) is 7.58. The lowest BCUT2D eigenvalue weighted by Gasteiger charge is -2.21. The van der Waals surface area contributed by atoms with Gasteiger partial charge in [-0.25, -0.2) is 9.18 Å². The first-order valence-corrected chi connectivity index (χ1v) is 9.25. The first-order chi connectivity index (χ1) is 14.9. The van der Waals surface area contributed by atoms with Gasteiger partial charge in [-0.3, -0.25) is 10.1 Å². The van der Waals surface area contributed by atoms with Crippen LogP contribution in [0.5, 0.6) is 0 Å². The fourth-order valence-electron chi connectivity index (χ4n) is 2.94. The predicted molar refractivity (Wildman–Crippen MR) is 109 cm³/mol. The van der Waals surface area contributed by atoms with Crippen LogP contribution in [0.3, 0.4) is 0 Å². The number of nitrogens with one attached hydrogen (secondary N) is 1. The molecular weight excluding hydrogens is 432 g/mol. The van der Waals surface area contributed by atoms with Crippen LogP contribution in [0.25, 0.3) is 10.9 Å². The van der Waals surface area contributed by atoms with Crippen LogP contribution in [0, 0.1) is 24.1 Å². The highest BCUT2D eigenvalue weighted by Gasteiger charge is 2.38. The van der Waals surface area contributed by atoms with Gasteiger partial charge in [-0.1, -0.05) is 0 Å². The average Bonchev–Trinajstić information content (AvgIpc) is 3.06. The number of H-pyrrole nitrogens is 1. The van der Waals surface area contributed by atoms with Crippen LogP contribution in [0.2, 0.25) is 0 Å². The van der Waals surface area contributed by atoms with E-state index < -0.39 is 12.1 Å². The van der Waals surface area contributed by atoms with Gasteiger partial charge in [0.15, 0.2) is 5.82 Å². The molecule has 0 atom stereocenters. The van der Waals surface area contributed by atoms with Crippen molar-refractivity contribution in [2.24, 2.45) is 0 Å². The van der Waals surface area contributed by atoms with Crippen LogP contribution < -0.4 is 10.6 Å². The van der Waals surface area contributed by atoms with Crippen molar-refractivity contribution in [3.05, 3.63) is 47.0 Å². The van der Waals surface area contributed by atoms with Crippen molar-refractivity contribution in [1.29, 1.82) is 5.26 Å². The minimum Gasteiger partial charge on any atom is -0.475 e. The minimum absolute atomic E-state index is 0.233. The maximum Gasteiger partial charge on any atom is 0.490 e. The summed E-state index contributed by atoms with van der Waals surface area (Å²) in [5.74, 6) is -2.80. The molecule has 32 heavy (non-hydrogen) atoms. The number of hydrogen-bond acceptors (Lipinski definition) is 6. The van der Waals surface area contributed by atoms with E-state index in [4.69, 9.17) is 20.9 Å². The Bertz CT molecular complexity index is 1150. The third-order valence-corrected chi connectivity index (χ3v) is 4.43. The lowest BCUT2D eigenvalue weighted by molar-refractivity contribution is -0.192. The van der Waals surface area contributed by atoms with E-state index in [0.29, 0.717) is 12.0 Å². The fraction of sp³-hybridized carbons (Fsp3) is 0.300. The molecule has 0 aliphatic carbocycles. The van der Waals surface area contributed by atoms with Gasteiger partial charge in [-0.05, 0) is 44.0 Å². The smallest absolute Gasteiger partial charge is 0.475 e. The molecule has 1 aromatic carbocycles. The van der Waals surface area contributed by atoms with Crippen molar-refractivity contribution in [3.63, 3.8) is 0 Å². The summed E-state index contributed by atoms with van der Waals surface area (Å²) in [6.07, 6.45) is -3.63. The molecule has 0 aliphatic heterocycles. The Morgan fingerprint density at radius 1 is 1.34 bits per heavy atom. The molecule has 0 saturated carbocycles. The van der Waals surface area contributed by atoms with Crippen molar-refractivity contribution in [2.75, 3.05) is 24.2 Å². The molecule has 0 spiro atoms. The second-order valence-electron chi connectivity index (χ2n) is 6.85. The number of aromatic nitrogens is 3. The number of pyridine rings is 1. The Hall–Kier alpha value is -3.88. The standard InChI is InChI=1S/C18H19FN6.C2HF3O2/c1-11-8-17(13-9-12(19)5-6-15(13)22-11)25(2)7-3-4-16-14(10-20)18(21)24-23-16;3-2(4,5)1(6)7/h5-6,8-9H,3-4,7H2,1-2H3,(H3,21,23,24);(H,6,7). The summed E-state index contributed by atoms with van der Waals surface area (Å²) in [6, 6.07) is 8.65. The second kappa shape index (κ2) is 9.95. The highest BCUT2D eigenvalue weighted by molar-refractivity contribution is 5.91. The Morgan fingerprint density at radius 2 is 2.00 bits per heavy atom. The maximum absolute atomic E-state index is 13.6. The van der Waals surface area contributed by atoms with Gasteiger partial charge in [-0.2, -0.15) is 23.5 Å². The number of carboxylic acids is 1. The van der Waals surface area contributed by atoms with Gasteiger partial charge in [0.2, 0.25) is 0 Å². The van der Waals surface area contributed by atoms with Gasteiger partial charge in [0, 0.05) is 30.4 Å². The van der Waals surface area contributed by atoms with Crippen LogP contribution in [0.4, 0.5) is 29.1 Å². The molecule has 0 aliphatic rings. The molecule has 0 saturated heterocycles. The molecule has 0 fully saturated rings. The van der Waals surface area contributed by atoms with Crippen LogP contribution in [0.15, 0.2) is 24.3 Å². The molecule has 2 aromatic heterocycles. The summed E-state index contributed by atoms with van der Waals surface area (Å²) >= 11 is 0. The molecule has 0 bridgehead atoms. The van der Waals surface area contributed by atoms with Gasteiger partial charge in [0.1, 0.15) is 17.4 Å². The fourth-order valence-corrected chi connectivity index (χ4v) is 2.94. The number of halogens is 4. The Balaban J connectivity index is 0.000000451. The molecular formula is C20H20F4N6O2. The zero-order chi connectivity index (χ0) is 24.1. The van der Waals surface area contributed by atoms with E-state index in [1.165, 1.54) is 12.1 Å². The van der Waals surface area contributed by atoms with E-state index in [1.807, 2.05) is 20.0 Å². The lowest BCUT2D eigenvalue weighted by atomic mass is 10.1. The molecule has 3 aromatic rings. The summed E-state index contributed by atoms with van der Waals surface area (Å²) < 4.78 is 45.4. The summed E-state index contributed by atoms with van der Waals surface area (Å²) in [5, 5.41) is 23.7. The van der Waals surface area contributed by atoms with Gasteiger partial charge < -0.3 is 15.7 Å². The normalized spacial score (nSPS) is 10.9. The molecule has 2 heterocycles. The summed E-state index contributed by atoms with van der Waals surface area (Å²) in [5.41, 5.74) is 9.40. The number of fused-ring (bicyclic) bond motifs is 1. The molecule has 0 unspecified atom stereocenters. The first-order valence-electron chi connectivity index (χ1n) is 9.25. The van der Waals surface area contributed by atoms with Gasteiger partial charge in [0.25, 0.3) is 0 Å². The van der Waals surface area contributed by atoms with Crippen LogP contribution in [0.1, 0.15) is 23.4 Å². The van der Waals surface area contributed by atoms with Gasteiger partial charge >= 0.3 is 12.1 Å². The van der Waals surface area contributed by atoms with E-state index in [0.717, 1.165) is 40.9 Å². The number of nitrogen functional groups attached to an aromatic ring is 1. The molecule has 3 rings (SSSR count). The van der Waals surface area contributed by atoms with E-state index >= 15 is 0 Å². The van der Waals surface area contributed by atoms with E-state index in [1.54, 1.807) is 6.07 Å². The number of alkyl halides is 3. The summed E-state index contributed by atoms with van der Waals surface area (Å²) in [4.78, 5) is 15.4. The molecule has 4 N–H and O–H groups in total. The van der Waals surface area contributed by atoms with E-state index in [9.17, 15) is 17.6 Å². The molecule has 170 valence electrons. The number of nitrogens with zero attached hydrogens (tertiary/aromatic N) is 4. The number of hydrogen-bond donors (Lipinski definition) is 3. The number of benzene rings is 1. The van der Waals surface area contributed by atoms with E-state index in [-0.39, 0.29) is 11.6 Å². The number of carboxylic acid groups (broad SMARTS) is 1. The van der Waals surface area contributed by atoms with Crippen molar-refractivity contribution in [3.8, 4) is 6.07 Å². The average molecular weight is 452 g/mol. The van der Waals surface area contributed by atoms with Crippen molar-refractivity contribution >= 4 is 28.4 Å². The van der Waals surface area contributed by atoms with Crippen molar-refractivity contribution < 1.29 is 27.5 Å². The minimum atomic E-state index is -5.08. The maximum atomic E-state index is 13.6. The van der Waals surface area contributed by atoms with Crippen LogP contribution in [-0.4, -0.2) is 46.0 Å². The highest BCUT2D eigenvalue weighted by atomic mass is 19.4.